The molecular weight excluding hydrogens is 847 g/mol. The maximum Gasteiger partial charge on any atom is 0.135 e. The fourth-order valence-corrected chi connectivity index (χ4v) is 13.0. The van der Waals surface area contributed by atoms with E-state index in [0.717, 1.165) is 50.1 Å². The van der Waals surface area contributed by atoms with Gasteiger partial charge in [0.15, 0.2) is 0 Å². The minimum absolute atomic E-state index is 0.463. The summed E-state index contributed by atoms with van der Waals surface area (Å²) in [4.78, 5) is 2.45. The van der Waals surface area contributed by atoms with E-state index in [1.54, 1.807) is 0 Å². The van der Waals surface area contributed by atoms with Crippen LogP contribution < -0.4 is 4.90 Å². The van der Waals surface area contributed by atoms with Crippen LogP contribution in [0.2, 0.25) is 0 Å². The van der Waals surface area contributed by atoms with Crippen LogP contribution in [0, 0.1) is 0 Å². The van der Waals surface area contributed by atoms with Crippen LogP contribution >= 0.6 is 0 Å². The lowest BCUT2D eigenvalue weighted by Crippen LogP contribution is -2.28. The summed E-state index contributed by atoms with van der Waals surface area (Å²) in [6, 6.07) is 96.8. The number of nitrogens with zero attached hydrogens (tertiary/aromatic N) is 1. The summed E-state index contributed by atoms with van der Waals surface area (Å²) in [5.41, 5.74) is 24.6. The van der Waals surface area contributed by atoms with Gasteiger partial charge in [-0.1, -0.05) is 206 Å². The van der Waals surface area contributed by atoms with Gasteiger partial charge in [-0.15, -0.1) is 0 Å². The second-order valence-electron chi connectivity index (χ2n) is 19.1. The molecule has 0 radical (unpaired) electrons. The molecule has 11 aromatic carbocycles. The first-order valence-electron chi connectivity index (χ1n) is 24.3. The standard InChI is InChI=1S/C68H43NO/c1-2-16-46(17-3-1)67(59-24-10-4-18-51(59)52-19-5-11-25-60(52)67)47-33-37-49(38-34-47)69(48-35-30-44(31-36-48)45-32-41-66-58(42-45)57-23-9-15-29-65(57)70-66)50-39-40-56-55-22-8-14-28-63(55)68(64(56)43-50)61-26-12-6-20-53(61)54-21-7-13-27-62(54)68/h1-43H. The molecule has 326 valence electrons. The molecule has 0 unspecified atom stereocenters. The van der Waals surface area contributed by atoms with E-state index in [0.29, 0.717) is 0 Å². The predicted octanol–water partition coefficient (Wildman–Crippen LogP) is 17.4. The van der Waals surface area contributed by atoms with Crippen molar-refractivity contribution in [2.75, 3.05) is 4.90 Å². The van der Waals surface area contributed by atoms with Crippen molar-refractivity contribution in [3.05, 3.63) is 305 Å². The van der Waals surface area contributed by atoms with Gasteiger partial charge < -0.3 is 9.32 Å². The molecule has 2 nitrogen and oxygen atoms in total. The molecule has 3 aliphatic rings. The van der Waals surface area contributed by atoms with Crippen LogP contribution in [0.25, 0.3) is 66.4 Å². The molecule has 12 aromatic rings. The lowest BCUT2D eigenvalue weighted by atomic mass is 9.67. The summed E-state index contributed by atoms with van der Waals surface area (Å²) in [5, 5.41) is 2.26. The Morgan fingerprint density at radius 2 is 0.671 bits per heavy atom. The van der Waals surface area contributed by atoms with Crippen molar-refractivity contribution in [1.82, 2.24) is 0 Å². The minimum atomic E-state index is -0.490. The molecule has 0 aliphatic heterocycles. The molecular formula is C68H43NO. The molecule has 0 saturated carbocycles. The molecule has 0 bridgehead atoms. The number of hydrogen-bond acceptors (Lipinski definition) is 2. The SMILES string of the molecule is c1ccc(C2(c3ccc(N(c4ccc(-c5ccc6oc7ccccc7c6c5)cc4)c4ccc5c(c4)C4(c6ccccc6-c6ccccc64)c4ccccc4-5)cc3)c3ccccc3-c3ccccc32)cc1. The molecule has 0 atom stereocenters. The van der Waals surface area contributed by atoms with E-state index in [2.05, 4.69) is 254 Å². The van der Waals surface area contributed by atoms with E-state index in [9.17, 15) is 0 Å². The second kappa shape index (κ2) is 14.8. The number of rotatable bonds is 6. The maximum atomic E-state index is 6.22. The van der Waals surface area contributed by atoms with Crippen LogP contribution in [-0.2, 0) is 10.8 Å². The third-order valence-electron chi connectivity index (χ3n) is 15.8. The average molecular weight is 890 g/mol. The van der Waals surface area contributed by atoms with E-state index in [-0.39, 0.29) is 0 Å². The zero-order valence-electron chi connectivity index (χ0n) is 38.2. The quantitative estimate of drug-likeness (QED) is 0.165. The number of hydrogen-bond donors (Lipinski definition) is 0. The van der Waals surface area contributed by atoms with Crippen molar-refractivity contribution >= 4 is 39.0 Å². The normalized spacial score (nSPS) is 13.9. The van der Waals surface area contributed by atoms with Crippen molar-refractivity contribution in [1.29, 1.82) is 0 Å². The first-order chi connectivity index (χ1) is 34.7. The van der Waals surface area contributed by atoms with Crippen molar-refractivity contribution < 1.29 is 4.42 Å². The van der Waals surface area contributed by atoms with Gasteiger partial charge in [-0.3, -0.25) is 0 Å². The fraction of sp³-hybridized carbons (Fsp3) is 0.0294. The zero-order valence-corrected chi connectivity index (χ0v) is 38.2. The van der Waals surface area contributed by atoms with E-state index in [4.69, 9.17) is 4.42 Å². The van der Waals surface area contributed by atoms with Crippen LogP contribution in [0.4, 0.5) is 17.1 Å². The molecule has 3 aliphatic carbocycles. The van der Waals surface area contributed by atoms with E-state index in [1.165, 1.54) is 77.9 Å². The molecule has 15 rings (SSSR count). The molecule has 1 heterocycles. The molecule has 0 amide bonds. The van der Waals surface area contributed by atoms with Gasteiger partial charge in [0.05, 0.1) is 10.8 Å². The van der Waals surface area contributed by atoms with Gasteiger partial charge in [-0.05, 0) is 144 Å². The number of benzene rings is 11. The van der Waals surface area contributed by atoms with Gasteiger partial charge >= 0.3 is 0 Å². The van der Waals surface area contributed by atoms with Gasteiger partial charge in [-0.2, -0.15) is 0 Å². The summed E-state index contributed by atoms with van der Waals surface area (Å²) < 4.78 is 6.22. The van der Waals surface area contributed by atoms with E-state index < -0.39 is 10.8 Å². The van der Waals surface area contributed by atoms with Crippen molar-refractivity contribution in [3.8, 4) is 44.5 Å². The van der Waals surface area contributed by atoms with Gasteiger partial charge in [0.2, 0.25) is 0 Å². The predicted molar refractivity (Wildman–Crippen MR) is 287 cm³/mol. The maximum absolute atomic E-state index is 6.22. The van der Waals surface area contributed by atoms with E-state index >= 15 is 0 Å². The van der Waals surface area contributed by atoms with E-state index in [1.807, 2.05) is 12.1 Å². The zero-order chi connectivity index (χ0) is 46.0. The van der Waals surface area contributed by atoms with Gasteiger partial charge in [0, 0.05) is 27.8 Å². The Balaban J connectivity index is 0.930. The summed E-state index contributed by atoms with van der Waals surface area (Å²) in [6.45, 7) is 0. The molecule has 2 heteroatoms. The first kappa shape index (κ1) is 39.1. The third kappa shape index (κ3) is 5.22. The van der Waals surface area contributed by atoms with Crippen molar-refractivity contribution in [2.24, 2.45) is 0 Å². The summed E-state index contributed by atoms with van der Waals surface area (Å²) in [7, 11) is 0. The van der Waals surface area contributed by atoms with Crippen LogP contribution in [0.1, 0.15) is 44.5 Å². The van der Waals surface area contributed by atoms with Crippen LogP contribution in [0.15, 0.2) is 265 Å². The topological polar surface area (TPSA) is 16.4 Å². The highest BCUT2D eigenvalue weighted by atomic mass is 16.3. The lowest BCUT2D eigenvalue weighted by molar-refractivity contribution is 0.669. The Morgan fingerprint density at radius 1 is 0.257 bits per heavy atom. The molecule has 70 heavy (non-hydrogen) atoms. The van der Waals surface area contributed by atoms with Crippen LogP contribution in [0.3, 0.4) is 0 Å². The monoisotopic (exact) mass is 889 g/mol. The summed E-state index contributed by atoms with van der Waals surface area (Å²) in [6.07, 6.45) is 0. The Kier molecular flexibility index (Phi) is 8.24. The molecule has 0 fully saturated rings. The Labute approximate surface area is 407 Å². The average Bonchev–Trinajstić information content (AvgIpc) is 4.14. The van der Waals surface area contributed by atoms with Crippen molar-refractivity contribution in [2.45, 2.75) is 10.8 Å². The largest absolute Gasteiger partial charge is 0.456 e. The van der Waals surface area contributed by atoms with Gasteiger partial charge in [0.1, 0.15) is 11.2 Å². The van der Waals surface area contributed by atoms with Gasteiger partial charge in [-0.25, -0.2) is 0 Å². The summed E-state index contributed by atoms with van der Waals surface area (Å²) in [5.74, 6) is 0. The number of para-hydroxylation sites is 1. The summed E-state index contributed by atoms with van der Waals surface area (Å²) >= 11 is 0. The number of furan rings is 1. The first-order valence-corrected chi connectivity index (χ1v) is 24.3. The number of fused-ring (bicyclic) bond motifs is 16. The molecule has 0 saturated heterocycles. The molecule has 1 spiro atoms. The van der Waals surface area contributed by atoms with Crippen molar-refractivity contribution in [3.63, 3.8) is 0 Å². The molecule has 0 N–H and O–H groups in total. The second-order valence-corrected chi connectivity index (χ2v) is 19.1. The van der Waals surface area contributed by atoms with Crippen LogP contribution in [-0.4, -0.2) is 0 Å². The Hall–Kier alpha value is -8.98. The lowest BCUT2D eigenvalue weighted by Gasteiger charge is -2.35. The third-order valence-corrected chi connectivity index (χ3v) is 15.8. The van der Waals surface area contributed by atoms with Crippen LogP contribution in [0.5, 0.6) is 0 Å². The smallest absolute Gasteiger partial charge is 0.135 e. The Morgan fingerprint density at radius 3 is 1.24 bits per heavy atom. The highest BCUT2D eigenvalue weighted by Gasteiger charge is 2.52. The highest BCUT2D eigenvalue weighted by Crippen LogP contribution is 2.63. The minimum Gasteiger partial charge on any atom is -0.456 e. The highest BCUT2D eigenvalue weighted by molar-refractivity contribution is 6.06. The Bertz CT molecular complexity index is 3960. The fourth-order valence-electron chi connectivity index (χ4n) is 13.0. The molecule has 1 aromatic heterocycles. The number of anilines is 3. The van der Waals surface area contributed by atoms with Gasteiger partial charge in [0.25, 0.3) is 0 Å².